The Morgan fingerprint density at radius 3 is 2.93 bits per heavy atom. The quantitative estimate of drug-likeness (QED) is 0.724. The number of aryl methyl sites for hydroxylation is 1. The molecule has 2 aromatic heterocycles. The number of hydrogen-bond donors (Lipinski definition) is 2. The molecule has 1 fully saturated rings. The summed E-state index contributed by atoms with van der Waals surface area (Å²) in [7, 11) is 0. The van der Waals surface area contributed by atoms with Crippen LogP contribution in [0.15, 0.2) is 30.3 Å². The molecule has 1 aliphatic heterocycles. The van der Waals surface area contributed by atoms with Crippen LogP contribution < -0.4 is 10.6 Å². The number of benzene rings is 1. The molecule has 1 saturated heterocycles. The number of rotatable bonds is 4. The van der Waals surface area contributed by atoms with Crippen LogP contribution >= 0.6 is 11.3 Å². The average molecular weight is 386 g/mol. The van der Waals surface area contributed by atoms with Crippen molar-refractivity contribution in [3.8, 4) is 0 Å². The van der Waals surface area contributed by atoms with Gasteiger partial charge in [0.05, 0.1) is 17.1 Å². The van der Waals surface area contributed by atoms with E-state index in [2.05, 4.69) is 15.7 Å². The van der Waals surface area contributed by atoms with Crippen molar-refractivity contribution in [3.05, 3.63) is 52.3 Å². The highest BCUT2D eigenvalue weighted by Gasteiger charge is 2.25. The summed E-state index contributed by atoms with van der Waals surface area (Å²) in [6.07, 6.45) is 1.51. The van der Waals surface area contributed by atoms with Crippen LogP contribution in [-0.4, -0.2) is 34.2 Å². The van der Waals surface area contributed by atoms with Crippen LogP contribution in [0.1, 0.15) is 33.8 Å². The molecule has 0 aliphatic carbocycles. The van der Waals surface area contributed by atoms with Gasteiger partial charge < -0.3 is 10.6 Å². The fraction of sp³-hybridized carbons (Fsp3) is 0.316. The summed E-state index contributed by atoms with van der Waals surface area (Å²) in [4.78, 5) is 25.9. The summed E-state index contributed by atoms with van der Waals surface area (Å²) in [6, 6.07) is 7.63. The van der Waals surface area contributed by atoms with Crippen LogP contribution in [0.3, 0.4) is 0 Å². The van der Waals surface area contributed by atoms with Crippen molar-refractivity contribution in [1.82, 2.24) is 20.4 Å². The maximum absolute atomic E-state index is 13.1. The van der Waals surface area contributed by atoms with E-state index in [9.17, 15) is 14.0 Å². The second-order valence-electron chi connectivity index (χ2n) is 6.66. The van der Waals surface area contributed by atoms with E-state index in [-0.39, 0.29) is 17.6 Å². The molecular weight excluding hydrogens is 367 g/mol. The van der Waals surface area contributed by atoms with Gasteiger partial charge in [-0.05, 0) is 43.5 Å². The number of thiophene rings is 1. The second kappa shape index (κ2) is 7.11. The van der Waals surface area contributed by atoms with E-state index in [0.29, 0.717) is 24.4 Å². The monoisotopic (exact) mass is 386 g/mol. The Morgan fingerprint density at radius 2 is 2.19 bits per heavy atom. The van der Waals surface area contributed by atoms with Gasteiger partial charge in [0.25, 0.3) is 5.91 Å². The molecule has 1 unspecified atom stereocenters. The molecule has 2 N–H and O–H groups in total. The molecule has 4 rings (SSSR count). The lowest BCUT2D eigenvalue weighted by atomic mass is 10.1. The number of hydrogen-bond acceptors (Lipinski definition) is 4. The minimum Gasteiger partial charge on any atom is -0.354 e. The number of halogens is 1. The lowest BCUT2D eigenvalue weighted by Gasteiger charge is -2.22. The molecule has 1 aromatic carbocycles. The third-order valence-corrected chi connectivity index (χ3v) is 5.81. The topological polar surface area (TPSA) is 76.0 Å². The maximum Gasteiger partial charge on any atom is 0.262 e. The lowest BCUT2D eigenvalue weighted by Crippen LogP contribution is -2.50. The van der Waals surface area contributed by atoms with Gasteiger partial charge in [-0.25, -0.2) is 4.39 Å². The maximum atomic E-state index is 13.1. The van der Waals surface area contributed by atoms with Crippen LogP contribution in [-0.2, 0) is 11.3 Å². The number of fused-ring (bicyclic) bond motifs is 1. The normalized spacial score (nSPS) is 17.1. The standard InChI is InChI=1S/C19H19FN4O2S/c1-11-14-9-16(18(26)22-15-3-2-8-21-17(15)25)27-19(14)24(23-11)10-12-4-6-13(20)7-5-12/h4-7,9,15H,2-3,8,10H2,1H3,(H,21,25)(H,22,26). The van der Waals surface area contributed by atoms with E-state index in [1.54, 1.807) is 12.1 Å². The van der Waals surface area contributed by atoms with E-state index >= 15 is 0 Å². The number of aromatic nitrogens is 2. The van der Waals surface area contributed by atoms with Gasteiger partial charge in [0.1, 0.15) is 16.7 Å². The number of nitrogens with one attached hydrogen (secondary N) is 2. The van der Waals surface area contributed by atoms with Crippen LogP contribution in [0.5, 0.6) is 0 Å². The van der Waals surface area contributed by atoms with Crippen LogP contribution in [0.4, 0.5) is 4.39 Å². The smallest absolute Gasteiger partial charge is 0.262 e. The Kier molecular flexibility index (Phi) is 4.65. The van der Waals surface area contributed by atoms with Gasteiger partial charge in [0.15, 0.2) is 0 Å². The number of amides is 2. The van der Waals surface area contributed by atoms with Crippen molar-refractivity contribution in [2.24, 2.45) is 0 Å². The first-order chi connectivity index (χ1) is 13.0. The van der Waals surface area contributed by atoms with E-state index < -0.39 is 6.04 Å². The Balaban J connectivity index is 1.57. The Labute approximate surface area is 159 Å². The van der Waals surface area contributed by atoms with Crippen molar-refractivity contribution < 1.29 is 14.0 Å². The molecule has 8 heteroatoms. The van der Waals surface area contributed by atoms with Crippen molar-refractivity contribution in [1.29, 1.82) is 0 Å². The molecular formula is C19H19FN4O2S. The molecule has 3 aromatic rings. The lowest BCUT2D eigenvalue weighted by molar-refractivity contribution is -0.124. The van der Waals surface area contributed by atoms with Gasteiger partial charge in [0, 0.05) is 11.9 Å². The minimum atomic E-state index is -0.478. The zero-order chi connectivity index (χ0) is 19.0. The summed E-state index contributed by atoms with van der Waals surface area (Å²) < 4.78 is 14.9. The number of carbonyl (C=O) groups excluding carboxylic acids is 2. The first-order valence-electron chi connectivity index (χ1n) is 8.81. The molecule has 6 nitrogen and oxygen atoms in total. The van der Waals surface area contributed by atoms with Gasteiger partial charge in [-0.15, -0.1) is 11.3 Å². The molecule has 1 atom stereocenters. The zero-order valence-electron chi connectivity index (χ0n) is 14.8. The molecule has 2 amide bonds. The van der Waals surface area contributed by atoms with Gasteiger partial charge >= 0.3 is 0 Å². The molecule has 3 heterocycles. The third kappa shape index (κ3) is 3.57. The first-order valence-corrected chi connectivity index (χ1v) is 9.63. The summed E-state index contributed by atoms with van der Waals surface area (Å²) in [5.74, 6) is -0.650. The minimum absolute atomic E-state index is 0.130. The van der Waals surface area contributed by atoms with Gasteiger partial charge in [-0.1, -0.05) is 12.1 Å². The van der Waals surface area contributed by atoms with E-state index in [0.717, 1.165) is 27.9 Å². The largest absolute Gasteiger partial charge is 0.354 e. The van der Waals surface area contributed by atoms with Gasteiger partial charge in [0.2, 0.25) is 5.91 Å². The Bertz CT molecular complexity index is 1010. The fourth-order valence-corrected chi connectivity index (χ4v) is 4.30. The van der Waals surface area contributed by atoms with Crippen molar-refractivity contribution in [3.63, 3.8) is 0 Å². The highest BCUT2D eigenvalue weighted by Crippen LogP contribution is 2.29. The fourth-order valence-electron chi connectivity index (χ4n) is 3.23. The number of piperidine rings is 1. The number of carbonyl (C=O) groups is 2. The SMILES string of the molecule is Cc1nn(Cc2ccc(F)cc2)c2sc(C(=O)NC3CCCNC3=O)cc12. The van der Waals surface area contributed by atoms with E-state index in [1.165, 1.54) is 23.5 Å². The summed E-state index contributed by atoms with van der Waals surface area (Å²) >= 11 is 1.35. The predicted molar refractivity (Wildman–Crippen MR) is 101 cm³/mol. The van der Waals surface area contributed by atoms with Crippen LogP contribution in [0.2, 0.25) is 0 Å². The summed E-state index contributed by atoms with van der Waals surface area (Å²) in [6.45, 7) is 3.05. The highest BCUT2D eigenvalue weighted by molar-refractivity contribution is 7.20. The molecule has 0 saturated carbocycles. The Morgan fingerprint density at radius 1 is 1.41 bits per heavy atom. The van der Waals surface area contributed by atoms with Crippen LogP contribution in [0.25, 0.3) is 10.2 Å². The summed E-state index contributed by atoms with van der Waals surface area (Å²) in [5, 5.41) is 11.0. The van der Waals surface area contributed by atoms with E-state index in [4.69, 9.17) is 0 Å². The molecule has 0 radical (unpaired) electrons. The molecule has 27 heavy (non-hydrogen) atoms. The third-order valence-electron chi connectivity index (χ3n) is 4.67. The molecule has 1 aliphatic rings. The van der Waals surface area contributed by atoms with Gasteiger partial charge in [-0.3, -0.25) is 14.3 Å². The molecule has 0 spiro atoms. The zero-order valence-corrected chi connectivity index (χ0v) is 15.6. The summed E-state index contributed by atoms with van der Waals surface area (Å²) in [5.41, 5.74) is 1.76. The Hall–Kier alpha value is -2.74. The first kappa shape index (κ1) is 17.7. The van der Waals surface area contributed by atoms with Gasteiger partial charge in [-0.2, -0.15) is 5.10 Å². The molecule has 0 bridgehead atoms. The number of nitrogens with zero attached hydrogens (tertiary/aromatic N) is 2. The van der Waals surface area contributed by atoms with Crippen molar-refractivity contribution in [2.75, 3.05) is 6.54 Å². The second-order valence-corrected chi connectivity index (χ2v) is 7.69. The van der Waals surface area contributed by atoms with Crippen LogP contribution in [0, 0.1) is 12.7 Å². The predicted octanol–water partition coefficient (Wildman–Crippen LogP) is 2.60. The van der Waals surface area contributed by atoms with E-state index in [1.807, 2.05) is 17.7 Å². The highest BCUT2D eigenvalue weighted by atomic mass is 32.1. The average Bonchev–Trinajstić information content (AvgIpc) is 3.21. The van der Waals surface area contributed by atoms with Crippen molar-refractivity contribution >= 4 is 33.4 Å². The molecule has 140 valence electrons. The van der Waals surface area contributed by atoms with Crippen molar-refractivity contribution in [2.45, 2.75) is 32.4 Å².